The van der Waals surface area contributed by atoms with Gasteiger partial charge in [0.25, 0.3) is 5.91 Å². The fourth-order valence-electron chi connectivity index (χ4n) is 3.18. The molecule has 3 rings (SSSR count). The van der Waals surface area contributed by atoms with Crippen molar-refractivity contribution < 1.29 is 22.3 Å². The van der Waals surface area contributed by atoms with Gasteiger partial charge in [-0.2, -0.15) is 0 Å². The second-order valence-corrected chi connectivity index (χ2v) is 10.3. The fourth-order valence-corrected chi connectivity index (χ4v) is 4.11. The minimum absolute atomic E-state index is 0.0194. The Kier molecular flexibility index (Phi) is 7.62. The minimum Gasteiger partial charge on any atom is -0.468 e. The lowest BCUT2D eigenvalue weighted by molar-refractivity contribution is 0.0978. The number of rotatable bonds is 7. The third-order valence-corrected chi connectivity index (χ3v) is 5.81. The molecule has 1 atom stereocenters. The highest BCUT2D eigenvalue weighted by molar-refractivity contribution is 7.89. The van der Waals surface area contributed by atoms with E-state index in [2.05, 4.69) is 4.98 Å². The lowest BCUT2D eigenvalue weighted by Crippen LogP contribution is -2.30. The number of nitrogens with zero attached hydrogens (tertiary/aromatic N) is 1. The number of aromatic nitrogens is 1. The summed E-state index contributed by atoms with van der Waals surface area (Å²) < 4.78 is 44.9. The van der Waals surface area contributed by atoms with Crippen molar-refractivity contribution in [2.45, 2.75) is 20.0 Å². The van der Waals surface area contributed by atoms with E-state index < -0.39 is 27.3 Å². The first-order chi connectivity index (χ1) is 15.5. The molecule has 1 amide bonds. The predicted octanol–water partition coefficient (Wildman–Crippen LogP) is 5.66. The summed E-state index contributed by atoms with van der Waals surface area (Å²) in [5, 5.41) is 0.218. The first-order valence-electron chi connectivity index (χ1n) is 9.85. The molecule has 0 radical (unpaired) electrons. The summed E-state index contributed by atoms with van der Waals surface area (Å²) in [6.07, 6.45) is 1.94. The van der Waals surface area contributed by atoms with E-state index >= 15 is 0 Å². The van der Waals surface area contributed by atoms with E-state index in [1.54, 1.807) is 4.72 Å². The van der Waals surface area contributed by atoms with Gasteiger partial charge in [0.1, 0.15) is 16.9 Å². The molecule has 0 fully saturated rings. The van der Waals surface area contributed by atoms with Crippen molar-refractivity contribution in [3.63, 3.8) is 0 Å². The van der Waals surface area contributed by atoms with Gasteiger partial charge < -0.3 is 4.74 Å². The van der Waals surface area contributed by atoms with Gasteiger partial charge in [0.15, 0.2) is 0 Å². The summed E-state index contributed by atoms with van der Waals surface area (Å²) in [6.45, 7) is 4.04. The second-order valence-electron chi connectivity index (χ2n) is 7.72. The topological polar surface area (TPSA) is 85.4 Å². The van der Waals surface area contributed by atoms with Crippen LogP contribution in [0, 0.1) is 11.7 Å². The number of carbonyl (C=O) groups excluding carboxylic acids is 1. The molecule has 1 aromatic heterocycles. The van der Waals surface area contributed by atoms with Crippen LogP contribution in [-0.4, -0.2) is 25.6 Å². The highest BCUT2D eigenvalue weighted by Gasteiger charge is 2.22. The van der Waals surface area contributed by atoms with Crippen molar-refractivity contribution in [3.05, 3.63) is 81.7 Å². The molecule has 0 unspecified atom stereocenters. The fraction of sp³-hybridized carbons (Fsp3) is 0.217. The molecule has 10 heteroatoms. The summed E-state index contributed by atoms with van der Waals surface area (Å²) in [4.78, 5) is 16.3. The van der Waals surface area contributed by atoms with Gasteiger partial charge in [-0.05, 0) is 29.7 Å². The number of nitrogens with one attached hydrogen (secondary N) is 1. The van der Waals surface area contributed by atoms with E-state index in [4.69, 9.17) is 27.9 Å². The van der Waals surface area contributed by atoms with Crippen molar-refractivity contribution in [2.75, 3.05) is 6.26 Å². The molecule has 0 bridgehead atoms. The lowest BCUT2D eigenvalue weighted by Gasteiger charge is -2.23. The van der Waals surface area contributed by atoms with Gasteiger partial charge in [0, 0.05) is 22.3 Å². The van der Waals surface area contributed by atoms with E-state index in [1.165, 1.54) is 12.3 Å². The number of halogens is 3. The summed E-state index contributed by atoms with van der Waals surface area (Å²) in [6, 6.07) is 13.3. The number of sulfonamides is 1. The molecule has 33 heavy (non-hydrogen) atoms. The molecule has 6 nitrogen and oxygen atoms in total. The average molecular weight is 511 g/mol. The van der Waals surface area contributed by atoms with E-state index in [0.717, 1.165) is 24.0 Å². The molecule has 0 saturated heterocycles. The molecule has 0 aliphatic rings. The van der Waals surface area contributed by atoms with Crippen LogP contribution in [0.5, 0.6) is 5.88 Å². The quantitative estimate of drug-likeness (QED) is 0.443. The second kappa shape index (κ2) is 10.1. The summed E-state index contributed by atoms with van der Waals surface area (Å²) in [5.41, 5.74) is 1.10. The Bertz CT molecular complexity index is 1290. The summed E-state index contributed by atoms with van der Waals surface area (Å²) in [5.74, 6) is -1.72. The first kappa shape index (κ1) is 25.0. The zero-order valence-electron chi connectivity index (χ0n) is 18.0. The highest BCUT2D eigenvalue weighted by atomic mass is 35.5. The van der Waals surface area contributed by atoms with Crippen molar-refractivity contribution in [2.24, 2.45) is 5.92 Å². The molecule has 174 valence electrons. The van der Waals surface area contributed by atoms with E-state index in [0.29, 0.717) is 5.56 Å². The van der Waals surface area contributed by atoms with Crippen LogP contribution in [0.25, 0.3) is 11.1 Å². The molecule has 2 aromatic carbocycles. The number of hydrogen-bond acceptors (Lipinski definition) is 5. The van der Waals surface area contributed by atoms with Gasteiger partial charge in [0.2, 0.25) is 15.9 Å². The molecule has 0 saturated carbocycles. The van der Waals surface area contributed by atoms with Crippen LogP contribution in [0.15, 0.2) is 54.7 Å². The van der Waals surface area contributed by atoms with Crippen molar-refractivity contribution in [1.82, 2.24) is 9.71 Å². The number of hydrogen-bond donors (Lipinski definition) is 1. The van der Waals surface area contributed by atoms with Gasteiger partial charge in [0.05, 0.1) is 11.8 Å². The van der Waals surface area contributed by atoms with Crippen LogP contribution < -0.4 is 9.46 Å². The predicted molar refractivity (Wildman–Crippen MR) is 127 cm³/mol. The van der Waals surface area contributed by atoms with E-state index in [-0.39, 0.29) is 33.5 Å². The molecule has 1 heterocycles. The number of ether oxygens (including phenoxy) is 1. The minimum atomic E-state index is -3.86. The smallest absolute Gasteiger partial charge is 0.267 e. The Labute approximate surface area is 201 Å². The molecular formula is C23H21Cl2FN2O4S. The van der Waals surface area contributed by atoms with Crippen molar-refractivity contribution >= 4 is 39.1 Å². The molecule has 0 spiro atoms. The SMILES string of the molecule is CC(C)[C@H](Oc1ncc(-c2cc(F)c(C(=O)NS(C)(=O)=O)cc2Cl)cc1Cl)c1ccccc1. The van der Waals surface area contributed by atoms with Gasteiger partial charge in [-0.3, -0.25) is 4.79 Å². The van der Waals surface area contributed by atoms with E-state index in [9.17, 15) is 17.6 Å². The van der Waals surface area contributed by atoms with Crippen LogP contribution in [-0.2, 0) is 10.0 Å². The molecule has 1 N–H and O–H groups in total. The van der Waals surface area contributed by atoms with Crippen LogP contribution in [0.2, 0.25) is 10.0 Å². The Balaban J connectivity index is 1.90. The van der Waals surface area contributed by atoms with Crippen molar-refractivity contribution in [1.29, 1.82) is 0 Å². The Morgan fingerprint density at radius 1 is 1.09 bits per heavy atom. The van der Waals surface area contributed by atoms with Gasteiger partial charge in [-0.25, -0.2) is 22.5 Å². The monoisotopic (exact) mass is 510 g/mol. The van der Waals surface area contributed by atoms with Gasteiger partial charge in [-0.15, -0.1) is 0 Å². The summed E-state index contributed by atoms with van der Waals surface area (Å²) in [7, 11) is -3.86. The van der Waals surface area contributed by atoms with Crippen molar-refractivity contribution in [3.8, 4) is 17.0 Å². The van der Waals surface area contributed by atoms with Crippen LogP contribution in [0.3, 0.4) is 0 Å². The number of carbonyl (C=O) groups is 1. The maximum Gasteiger partial charge on any atom is 0.267 e. The zero-order valence-corrected chi connectivity index (χ0v) is 20.3. The number of pyridine rings is 1. The molecular weight excluding hydrogens is 490 g/mol. The van der Waals surface area contributed by atoms with E-state index in [1.807, 2.05) is 44.2 Å². The molecule has 0 aliphatic heterocycles. The maximum absolute atomic E-state index is 14.6. The van der Waals surface area contributed by atoms with Crippen LogP contribution in [0.4, 0.5) is 4.39 Å². The largest absolute Gasteiger partial charge is 0.468 e. The Hall–Kier alpha value is -2.68. The van der Waals surface area contributed by atoms with Gasteiger partial charge in [-0.1, -0.05) is 67.4 Å². The normalized spacial score (nSPS) is 12.5. The maximum atomic E-state index is 14.6. The summed E-state index contributed by atoms with van der Waals surface area (Å²) >= 11 is 12.7. The standard InChI is InChI=1S/C23H21Cl2FN2O4S/c1-13(2)21(14-7-5-4-6-8-14)32-23-19(25)9-15(12-27-23)16-11-20(26)17(10-18(16)24)22(29)28-33(3,30)31/h4-13,21H,1-3H3,(H,28,29)/t21-/m0/s1. The Morgan fingerprint density at radius 2 is 1.76 bits per heavy atom. The lowest BCUT2D eigenvalue weighted by atomic mass is 9.99. The number of amides is 1. The Morgan fingerprint density at radius 3 is 2.33 bits per heavy atom. The van der Waals surface area contributed by atoms with Crippen LogP contribution >= 0.6 is 23.2 Å². The third-order valence-electron chi connectivity index (χ3n) is 4.67. The third kappa shape index (κ3) is 6.22. The van der Waals surface area contributed by atoms with Gasteiger partial charge >= 0.3 is 0 Å². The number of benzene rings is 2. The van der Waals surface area contributed by atoms with Crippen LogP contribution in [0.1, 0.15) is 35.9 Å². The first-order valence-corrected chi connectivity index (χ1v) is 12.5. The molecule has 0 aliphatic carbocycles. The highest BCUT2D eigenvalue weighted by Crippen LogP contribution is 2.36. The molecule has 3 aromatic rings. The average Bonchev–Trinajstić information content (AvgIpc) is 2.73. The zero-order chi connectivity index (χ0) is 24.3.